The van der Waals surface area contributed by atoms with Gasteiger partial charge in [0.1, 0.15) is 0 Å². The fraction of sp³-hybridized carbons (Fsp3) is 0.0870. The Kier molecular flexibility index (Phi) is 8.55. The second-order valence-electron chi connectivity index (χ2n) is 6.65. The van der Waals surface area contributed by atoms with Crippen molar-refractivity contribution in [1.82, 2.24) is 9.97 Å². The number of hydrogen-bond donors (Lipinski definition) is 4. The van der Waals surface area contributed by atoms with Crippen LogP contribution in [0.1, 0.15) is 13.8 Å². The monoisotopic (exact) mass is 448 g/mol. The molecule has 33 heavy (non-hydrogen) atoms. The molecule has 0 radical (unpaired) electrons. The van der Waals surface area contributed by atoms with E-state index in [0.717, 1.165) is 0 Å². The molecule has 2 aromatic heterocycles. The number of nitrogens with one attached hydrogen (secondary N) is 4. The number of H-pyrrole nitrogens is 2. The molecule has 2 amide bonds. The summed E-state index contributed by atoms with van der Waals surface area (Å²) in [7, 11) is 0. The topological polar surface area (TPSA) is 158 Å². The van der Waals surface area contributed by atoms with Crippen LogP contribution in [0.4, 0.5) is 11.4 Å². The molecule has 4 N–H and O–H groups in total. The maximum absolute atomic E-state index is 11.4. The highest BCUT2D eigenvalue weighted by molar-refractivity contribution is 5.92. The van der Waals surface area contributed by atoms with Crippen LogP contribution < -0.4 is 21.5 Å². The second kappa shape index (κ2) is 11.5. The molecule has 0 saturated carbocycles. The molecule has 0 bridgehead atoms. The molecule has 0 saturated heterocycles. The number of rotatable bonds is 2. The van der Waals surface area contributed by atoms with Crippen LogP contribution in [0.15, 0.2) is 70.5 Å². The Balaban J connectivity index is 0.000000209. The number of aromatic nitrogens is 2. The predicted molar refractivity (Wildman–Crippen MR) is 123 cm³/mol. The van der Waals surface area contributed by atoms with E-state index in [1.807, 2.05) is 0 Å². The minimum Gasteiger partial charge on any atom is -0.361 e. The van der Waals surface area contributed by atoms with Crippen molar-refractivity contribution in [1.29, 1.82) is 0 Å². The first-order valence-electron chi connectivity index (χ1n) is 9.52. The van der Waals surface area contributed by atoms with Gasteiger partial charge in [-0.05, 0) is 36.4 Å². The normalized spacial score (nSPS) is 9.52. The van der Waals surface area contributed by atoms with Crippen molar-refractivity contribution in [3.8, 4) is 0 Å². The molecule has 10 heteroatoms. The van der Waals surface area contributed by atoms with Crippen LogP contribution in [-0.4, -0.2) is 27.9 Å². The minimum atomic E-state index is -0.132. The third-order valence-electron chi connectivity index (χ3n) is 4.16. The van der Waals surface area contributed by atoms with Gasteiger partial charge in [-0.1, -0.05) is 0 Å². The van der Waals surface area contributed by atoms with Gasteiger partial charge in [-0.15, -0.1) is 0 Å². The van der Waals surface area contributed by atoms with Crippen molar-refractivity contribution in [2.45, 2.75) is 13.8 Å². The van der Waals surface area contributed by atoms with Crippen LogP contribution in [0.2, 0.25) is 0 Å². The average molecular weight is 448 g/mol. The van der Waals surface area contributed by atoms with E-state index >= 15 is 0 Å². The molecule has 10 nitrogen and oxygen atoms in total. The van der Waals surface area contributed by atoms with Crippen LogP contribution in [0.3, 0.4) is 0 Å². The third kappa shape index (κ3) is 7.12. The number of carbonyl (C=O) groups excluding carboxylic acids is 4. The molecule has 2 heterocycles. The van der Waals surface area contributed by atoms with Gasteiger partial charge in [0.2, 0.25) is 11.8 Å². The summed E-state index contributed by atoms with van der Waals surface area (Å²) in [5, 5.41) is 6.55. The van der Waals surface area contributed by atoms with E-state index in [-0.39, 0.29) is 28.8 Å². The lowest BCUT2D eigenvalue weighted by molar-refractivity contribution is -0.191. The molecular weight excluding hydrogens is 428 g/mol. The average Bonchev–Trinajstić information content (AvgIpc) is 2.74. The number of amides is 2. The molecule has 2 aromatic carbocycles. The van der Waals surface area contributed by atoms with Gasteiger partial charge in [-0.3, -0.25) is 19.2 Å². The molecule has 0 unspecified atom stereocenters. The van der Waals surface area contributed by atoms with Crippen molar-refractivity contribution in [2.24, 2.45) is 0 Å². The molecule has 0 fully saturated rings. The number of benzene rings is 2. The highest BCUT2D eigenvalue weighted by Gasteiger charge is 2.01. The number of hydrogen-bond acceptors (Lipinski definition) is 6. The van der Waals surface area contributed by atoms with Gasteiger partial charge < -0.3 is 20.6 Å². The van der Waals surface area contributed by atoms with Gasteiger partial charge in [0.25, 0.3) is 0 Å². The molecule has 0 aliphatic heterocycles. The summed E-state index contributed by atoms with van der Waals surface area (Å²) in [4.78, 5) is 66.6. The van der Waals surface area contributed by atoms with E-state index in [9.17, 15) is 19.2 Å². The summed E-state index contributed by atoms with van der Waals surface area (Å²) in [6.07, 6.45) is 3.42. The Morgan fingerprint density at radius 1 is 0.697 bits per heavy atom. The summed E-state index contributed by atoms with van der Waals surface area (Å²) in [6, 6.07) is 13.2. The summed E-state index contributed by atoms with van der Waals surface area (Å²) in [5.74, 6) is -0.264. The van der Waals surface area contributed by atoms with Gasteiger partial charge in [0.15, 0.2) is 10.9 Å². The molecule has 168 valence electrons. The summed E-state index contributed by atoms with van der Waals surface area (Å²) >= 11 is 0. The predicted octanol–water partition coefficient (Wildman–Crippen LogP) is 2.39. The second-order valence-corrected chi connectivity index (χ2v) is 6.65. The lowest BCUT2D eigenvalue weighted by Gasteiger charge is -2.03. The lowest BCUT2D eigenvalue weighted by Crippen LogP contribution is -2.06. The molecule has 0 atom stereocenters. The molecular formula is C23H20N4O6. The van der Waals surface area contributed by atoms with Crippen LogP contribution >= 0.6 is 0 Å². The van der Waals surface area contributed by atoms with Crippen LogP contribution in [-0.2, 0) is 19.2 Å². The van der Waals surface area contributed by atoms with Crippen LogP contribution in [0.25, 0.3) is 21.8 Å². The smallest absolute Gasteiger partial charge is 0.361 e. The SMILES string of the molecule is CC(=O)Nc1ccc2c(=O)cc[nH]c2c1.CC(=O)Nc1ccc2c(=O)cc[nH]c2c1.O=C=O. The Bertz CT molecular complexity index is 1340. The van der Waals surface area contributed by atoms with E-state index in [1.165, 1.54) is 26.0 Å². The Labute approximate surface area is 186 Å². The molecule has 4 rings (SSSR count). The number of pyridine rings is 2. The quantitative estimate of drug-likeness (QED) is 0.369. The zero-order valence-corrected chi connectivity index (χ0v) is 17.7. The van der Waals surface area contributed by atoms with Crippen molar-refractivity contribution < 1.29 is 19.2 Å². The van der Waals surface area contributed by atoms with E-state index in [0.29, 0.717) is 33.2 Å². The first-order chi connectivity index (χ1) is 15.7. The molecule has 0 spiro atoms. The fourth-order valence-corrected chi connectivity index (χ4v) is 2.91. The molecule has 4 aromatic rings. The summed E-state index contributed by atoms with van der Waals surface area (Å²) in [5.41, 5.74) is 2.73. The Hall–Kier alpha value is -4.82. The first kappa shape index (κ1) is 24.4. The highest BCUT2D eigenvalue weighted by Crippen LogP contribution is 2.15. The third-order valence-corrected chi connectivity index (χ3v) is 4.16. The van der Waals surface area contributed by atoms with Crippen molar-refractivity contribution >= 4 is 51.1 Å². The zero-order chi connectivity index (χ0) is 24.4. The first-order valence-corrected chi connectivity index (χ1v) is 9.52. The maximum Gasteiger partial charge on any atom is 0.373 e. The van der Waals surface area contributed by atoms with Gasteiger partial charge in [-0.25, -0.2) is 0 Å². The van der Waals surface area contributed by atoms with E-state index in [4.69, 9.17) is 9.59 Å². The van der Waals surface area contributed by atoms with Gasteiger partial charge in [0.05, 0.1) is 11.0 Å². The highest BCUT2D eigenvalue weighted by atomic mass is 16.2. The fourth-order valence-electron chi connectivity index (χ4n) is 2.91. The lowest BCUT2D eigenvalue weighted by atomic mass is 10.2. The number of carbonyl (C=O) groups is 2. The van der Waals surface area contributed by atoms with Gasteiger partial charge in [-0.2, -0.15) is 9.59 Å². The number of fused-ring (bicyclic) bond motifs is 2. The van der Waals surface area contributed by atoms with E-state index < -0.39 is 0 Å². The van der Waals surface area contributed by atoms with E-state index in [1.54, 1.807) is 48.8 Å². The maximum atomic E-state index is 11.4. The Morgan fingerprint density at radius 2 is 1.06 bits per heavy atom. The van der Waals surface area contributed by atoms with Crippen LogP contribution in [0.5, 0.6) is 0 Å². The van der Waals surface area contributed by atoms with Crippen molar-refractivity contribution in [3.05, 3.63) is 81.4 Å². The van der Waals surface area contributed by atoms with Crippen molar-refractivity contribution in [2.75, 3.05) is 10.6 Å². The zero-order valence-electron chi connectivity index (χ0n) is 17.7. The van der Waals surface area contributed by atoms with Gasteiger partial charge in [0, 0.05) is 60.5 Å². The largest absolute Gasteiger partial charge is 0.373 e. The Morgan fingerprint density at radius 3 is 1.39 bits per heavy atom. The summed E-state index contributed by atoms with van der Waals surface area (Å²) < 4.78 is 0. The van der Waals surface area contributed by atoms with Gasteiger partial charge >= 0.3 is 6.15 Å². The number of aromatic amines is 2. The molecule has 0 aliphatic rings. The van der Waals surface area contributed by atoms with Crippen molar-refractivity contribution in [3.63, 3.8) is 0 Å². The minimum absolute atomic E-state index is 0.0295. The number of anilines is 2. The van der Waals surface area contributed by atoms with E-state index in [2.05, 4.69) is 20.6 Å². The summed E-state index contributed by atoms with van der Waals surface area (Å²) in [6.45, 7) is 2.88. The standard InChI is InChI=1S/2C11H10N2O2.CO2/c2*1-7(14)13-8-2-3-9-10(6-8)12-5-4-11(9)15;2-1-3/h2*2-6H,1H3,(H,12,15)(H,13,14);. The molecule has 0 aliphatic carbocycles. The van der Waals surface area contributed by atoms with Crippen LogP contribution in [0, 0.1) is 0 Å².